The quantitative estimate of drug-likeness (QED) is 0.667. The molecule has 0 radical (unpaired) electrons. The molecule has 0 atom stereocenters. The maximum atomic E-state index is 5.79. The first-order valence-corrected chi connectivity index (χ1v) is 4.40. The van der Waals surface area contributed by atoms with Crippen LogP contribution in [0.5, 0.6) is 0 Å². The van der Waals surface area contributed by atoms with Gasteiger partial charge in [0.1, 0.15) is 0 Å². The number of fused-ring (bicyclic) bond motifs is 1. The molecule has 56 valence electrons. The van der Waals surface area contributed by atoms with E-state index in [1.165, 1.54) is 0 Å². The number of rotatable bonds is 0. The molecule has 3 heteroatoms. The van der Waals surface area contributed by atoms with Crippen LogP contribution < -0.4 is 5.73 Å². The van der Waals surface area contributed by atoms with Crippen LogP contribution in [0.1, 0.15) is 0 Å². The number of nitrogens with two attached hydrogens (primary N) is 1. The largest absolute Gasteiger partial charge is 0.391 e. The summed E-state index contributed by atoms with van der Waals surface area (Å²) in [6.07, 6.45) is 0. The Labute approximate surface area is 73.4 Å². The second-order valence-corrected chi connectivity index (χ2v) is 3.88. The van der Waals surface area contributed by atoms with Crippen LogP contribution in [0, 0.1) is 0 Å². The van der Waals surface area contributed by atoms with Gasteiger partial charge in [0.15, 0.2) is 0 Å². The van der Waals surface area contributed by atoms with Gasteiger partial charge in [0.25, 0.3) is 0 Å². The standard InChI is InChI=1S/C8H6ClNS/c9-6-2-1-5-3-8(10)11-7(5)4-6/h1-4H,10H2. The van der Waals surface area contributed by atoms with Gasteiger partial charge >= 0.3 is 0 Å². The van der Waals surface area contributed by atoms with E-state index in [9.17, 15) is 0 Å². The fraction of sp³-hybridized carbons (Fsp3) is 0. The van der Waals surface area contributed by atoms with Crippen molar-refractivity contribution in [2.45, 2.75) is 0 Å². The number of halogens is 1. The van der Waals surface area contributed by atoms with Crippen LogP contribution in [-0.2, 0) is 0 Å². The molecule has 0 bridgehead atoms. The molecule has 0 saturated heterocycles. The first-order chi connectivity index (χ1) is 5.25. The van der Waals surface area contributed by atoms with Gasteiger partial charge in [-0.05, 0) is 23.6 Å². The van der Waals surface area contributed by atoms with Gasteiger partial charge in [0, 0.05) is 9.72 Å². The van der Waals surface area contributed by atoms with E-state index in [0.717, 1.165) is 20.1 Å². The van der Waals surface area contributed by atoms with Crippen molar-refractivity contribution in [1.82, 2.24) is 0 Å². The maximum absolute atomic E-state index is 5.79. The van der Waals surface area contributed by atoms with E-state index >= 15 is 0 Å². The van der Waals surface area contributed by atoms with E-state index in [0.29, 0.717) is 0 Å². The first kappa shape index (κ1) is 6.95. The second kappa shape index (κ2) is 2.40. The molecule has 0 spiro atoms. The molecule has 0 saturated carbocycles. The SMILES string of the molecule is Nc1cc2ccc(Cl)cc2s1. The third-order valence-electron chi connectivity index (χ3n) is 1.50. The lowest BCUT2D eigenvalue weighted by molar-refractivity contribution is 1.84. The normalized spacial score (nSPS) is 10.6. The summed E-state index contributed by atoms with van der Waals surface area (Å²) in [6, 6.07) is 7.73. The van der Waals surface area contributed by atoms with E-state index in [1.807, 2.05) is 24.3 Å². The lowest BCUT2D eigenvalue weighted by Crippen LogP contribution is -1.72. The predicted octanol–water partition coefficient (Wildman–Crippen LogP) is 3.14. The van der Waals surface area contributed by atoms with Gasteiger partial charge in [-0.2, -0.15) is 0 Å². The summed E-state index contributed by atoms with van der Waals surface area (Å²) in [5.74, 6) is 0. The highest BCUT2D eigenvalue weighted by Gasteiger charge is 1.97. The fourth-order valence-corrected chi connectivity index (χ4v) is 2.13. The summed E-state index contributed by atoms with van der Waals surface area (Å²) < 4.78 is 1.15. The van der Waals surface area contributed by atoms with E-state index in [2.05, 4.69) is 0 Å². The lowest BCUT2D eigenvalue weighted by Gasteiger charge is -1.87. The summed E-state index contributed by atoms with van der Waals surface area (Å²) in [4.78, 5) is 0. The summed E-state index contributed by atoms with van der Waals surface area (Å²) in [5.41, 5.74) is 5.62. The Morgan fingerprint density at radius 3 is 2.91 bits per heavy atom. The molecule has 2 rings (SSSR count). The molecular formula is C8H6ClNS. The Morgan fingerprint density at radius 1 is 1.27 bits per heavy atom. The summed E-state index contributed by atoms with van der Waals surface area (Å²) in [7, 11) is 0. The molecule has 1 heterocycles. The van der Waals surface area contributed by atoms with Crippen LogP contribution in [0.2, 0.25) is 5.02 Å². The molecule has 0 amide bonds. The molecule has 0 unspecified atom stereocenters. The number of benzene rings is 1. The minimum absolute atomic E-state index is 0.763. The molecule has 1 aromatic heterocycles. The van der Waals surface area contributed by atoms with Crippen LogP contribution in [0.15, 0.2) is 24.3 Å². The van der Waals surface area contributed by atoms with Crippen molar-refractivity contribution < 1.29 is 0 Å². The summed E-state index contributed by atoms with van der Waals surface area (Å²) in [5, 5.41) is 2.76. The number of hydrogen-bond donors (Lipinski definition) is 1. The Hall–Kier alpha value is -0.730. The number of hydrogen-bond acceptors (Lipinski definition) is 2. The second-order valence-electron chi connectivity index (χ2n) is 2.33. The van der Waals surface area contributed by atoms with Crippen LogP contribution in [0.3, 0.4) is 0 Å². The highest BCUT2D eigenvalue weighted by molar-refractivity contribution is 7.22. The topological polar surface area (TPSA) is 26.0 Å². The van der Waals surface area contributed by atoms with E-state index < -0.39 is 0 Å². The Morgan fingerprint density at radius 2 is 2.09 bits per heavy atom. The van der Waals surface area contributed by atoms with Gasteiger partial charge in [0.05, 0.1) is 5.00 Å². The van der Waals surface area contributed by atoms with Crippen LogP contribution in [0.25, 0.3) is 10.1 Å². The molecule has 2 aromatic rings. The van der Waals surface area contributed by atoms with Gasteiger partial charge in [-0.15, -0.1) is 11.3 Å². The smallest absolute Gasteiger partial charge is 0.0868 e. The fourth-order valence-electron chi connectivity index (χ4n) is 1.03. The first-order valence-electron chi connectivity index (χ1n) is 3.20. The van der Waals surface area contributed by atoms with Gasteiger partial charge in [-0.25, -0.2) is 0 Å². The number of nitrogen functional groups attached to an aromatic ring is 1. The lowest BCUT2D eigenvalue weighted by atomic mass is 10.3. The molecule has 11 heavy (non-hydrogen) atoms. The molecule has 0 aliphatic heterocycles. The molecule has 0 aliphatic carbocycles. The van der Waals surface area contributed by atoms with E-state index in [4.69, 9.17) is 17.3 Å². The molecular weight excluding hydrogens is 178 g/mol. The van der Waals surface area contributed by atoms with Crippen molar-refractivity contribution in [3.8, 4) is 0 Å². The molecule has 1 nitrogen and oxygen atoms in total. The minimum Gasteiger partial charge on any atom is -0.391 e. The summed E-state index contributed by atoms with van der Waals surface area (Å²) >= 11 is 7.35. The van der Waals surface area contributed by atoms with Crippen LogP contribution in [-0.4, -0.2) is 0 Å². The molecule has 0 fully saturated rings. The molecule has 1 aromatic carbocycles. The van der Waals surface area contributed by atoms with E-state index in [-0.39, 0.29) is 0 Å². The maximum Gasteiger partial charge on any atom is 0.0868 e. The molecule has 0 aliphatic rings. The van der Waals surface area contributed by atoms with Crippen molar-refractivity contribution in [2.75, 3.05) is 5.73 Å². The van der Waals surface area contributed by atoms with Crippen molar-refractivity contribution >= 4 is 38.0 Å². The number of thiophene rings is 1. The highest BCUT2D eigenvalue weighted by Crippen LogP contribution is 2.29. The third-order valence-corrected chi connectivity index (χ3v) is 2.66. The van der Waals surface area contributed by atoms with Gasteiger partial charge in [-0.3, -0.25) is 0 Å². The zero-order chi connectivity index (χ0) is 7.84. The highest BCUT2D eigenvalue weighted by atomic mass is 35.5. The van der Waals surface area contributed by atoms with Crippen LogP contribution >= 0.6 is 22.9 Å². The summed E-state index contributed by atoms with van der Waals surface area (Å²) in [6.45, 7) is 0. The zero-order valence-corrected chi connectivity index (χ0v) is 7.25. The Bertz CT molecular complexity index is 394. The number of anilines is 1. The average Bonchev–Trinajstić information content (AvgIpc) is 2.27. The predicted molar refractivity (Wildman–Crippen MR) is 51.2 cm³/mol. The minimum atomic E-state index is 0.763. The average molecular weight is 184 g/mol. The third kappa shape index (κ3) is 1.19. The van der Waals surface area contributed by atoms with Crippen molar-refractivity contribution in [1.29, 1.82) is 0 Å². The monoisotopic (exact) mass is 183 g/mol. The van der Waals surface area contributed by atoms with Crippen molar-refractivity contribution in [2.24, 2.45) is 0 Å². The van der Waals surface area contributed by atoms with Gasteiger partial charge in [0.2, 0.25) is 0 Å². The van der Waals surface area contributed by atoms with Gasteiger partial charge in [-0.1, -0.05) is 17.7 Å². The van der Waals surface area contributed by atoms with E-state index in [1.54, 1.807) is 11.3 Å². The Kier molecular flexibility index (Phi) is 1.51. The Balaban J connectivity index is 2.82. The van der Waals surface area contributed by atoms with Crippen LogP contribution in [0.4, 0.5) is 5.00 Å². The van der Waals surface area contributed by atoms with Gasteiger partial charge < -0.3 is 5.73 Å². The van der Waals surface area contributed by atoms with Crippen molar-refractivity contribution in [3.63, 3.8) is 0 Å². The van der Waals surface area contributed by atoms with Crippen molar-refractivity contribution in [3.05, 3.63) is 29.3 Å². The molecule has 2 N–H and O–H groups in total. The zero-order valence-electron chi connectivity index (χ0n) is 5.67.